The van der Waals surface area contributed by atoms with E-state index in [4.69, 9.17) is 10.5 Å². The van der Waals surface area contributed by atoms with Gasteiger partial charge in [-0.2, -0.15) is 13.2 Å². The third kappa shape index (κ3) is 2.22. The summed E-state index contributed by atoms with van der Waals surface area (Å²) in [5, 5.41) is 7.56. The average molecular weight is 308 g/mol. The molecule has 0 aliphatic carbocycles. The van der Waals surface area contributed by atoms with Crippen LogP contribution in [0.1, 0.15) is 5.56 Å². The minimum absolute atomic E-state index is 0.0792. The second-order valence-electron chi connectivity index (χ2n) is 4.58. The maximum atomic E-state index is 13.3. The van der Waals surface area contributed by atoms with E-state index in [0.717, 1.165) is 6.07 Å². The van der Waals surface area contributed by atoms with Gasteiger partial charge in [0.2, 0.25) is 5.95 Å². The van der Waals surface area contributed by atoms with E-state index in [1.165, 1.54) is 23.6 Å². The van der Waals surface area contributed by atoms with Crippen LogP contribution in [-0.4, -0.2) is 21.7 Å². The van der Waals surface area contributed by atoms with Crippen molar-refractivity contribution in [1.29, 1.82) is 0 Å². The zero-order valence-electron chi connectivity index (χ0n) is 11.4. The number of nitrogens with zero attached hydrogens (tertiary/aromatic N) is 3. The minimum atomic E-state index is -4.55. The monoisotopic (exact) mass is 308 g/mol. The number of anilines is 1. The lowest BCUT2D eigenvalue weighted by Gasteiger charge is -2.14. The number of nitrogens with two attached hydrogens (primary N) is 1. The van der Waals surface area contributed by atoms with Crippen LogP contribution < -0.4 is 10.5 Å². The molecule has 22 heavy (non-hydrogen) atoms. The predicted octanol–water partition coefficient (Wildman–Crippen LogP) is 3.01. The topological polar surface area (TPSA) is 65.4 Å². The largest absolute Gasteiger partial charge is 0.497 e. The molecule has 0 unspecified atom stereocenters. The van der Waals surface area contributed by atoms with Gasteiger partial charge in [0.1, 0.15) is 11.4 Å². The summed E-state index contributed by atoms with van der Waals surface area (Å²) in [6.45, 7) is 0. The van der Waals surface area contributed by atoms with Crippen LogP contribution >= 0.6 is 0 Å². The van der Waals surface area contributed by atoms with Crippen molar-refractivity contribution in [3.63, 3.8) is 0 Å². The van der Waals surface area contributed by atoms with Gasteiger partial charge in [-0.1, -0.05) is 0 Å². The van der Waals surface area contributed by atoms with Crippen LogP contribution in [0.3, 0.4) is 0 Å². The van der Waals surface area contributed by atoms with Crippen LogP contribution in [0.5, 0.6) is 5.75 Å². The van der Waals surface area contributed by atoms with E-state index in [0.29, 0.717) is 5.52 Å². The molecule has 0 radical (unpaired) electrons. The normalized spacial score (nSPS) is 11.8. The van der Waals surface area contributed by atoms with Gasteiger partial charge in [-0.15, -0.1) is 10.2 Å². The summed E-state index contributed by atoms with van der Waals surface area (Å²) in [5.41, 5.74) is 5.30. The third-order valence-corrected chi connectivity index (χ3v) is 3.28. The fourth-order valence-electron chi connectivity index (χ4n) is 2.26. The predicted molar refractivity (Wildman–Crippen MR) is 74.4 cm³/mol. The Hall–Kier alpha value is -2.77. The molecule has 2 heterocycles. The van der Waals surface area contributed by atoms with Gasteiger partial charge >= 0.3 is 6.18 Å². The van der Waals surface area contributed by atoms with Crippen LogP contribution in [0.25, 0.3) is 16.8 Å². The molecular weight excluding hydrogens is 297 g/mol. The number of rotatable bonds is 2. The molecule has 3 aromatic rings. The number of methoxy groups -OCH3 is 1. The number of hydrogen-bond acceptors (Lipinski definition) is 4. The van der Waals surface area contributed by atoms with E-state index >= 15 is 0 Å². The Morgan fingerprint density at radius 2 is 1.95 bits per heavy atom. The molecule has 1 aromatic carbocycles. The molecule has 0 fully saturated rings. The standard InChI is InChI=1S/C14H11F3N4O/c1-22-8-4-5-9(10(7-8)14(15,16)17)12-11-3-2-6-21(11)13(18)20-19-12/h2-7H,1H3,(H2,18,20). The SMILES string of the molecule is COc1ccc(-c2nnc(N)n3cccc23)c(C(F)(F)F)c1. The van der Waals surface area contributed by atoms with Crippen molar-refractivity contribution in [2.45, 2.75) is 6.18 Å². The summed E-state index contributed by atoms with van der Waals surface area (Å²) in [6.07, 6.45) is -2.93. The van der Waals surface area contributed by atoms with E-state index in [-0.39, 0.29) is 23.0 Å². The van der Waals surface area contributed by atoms with Crippen LogP contribution in [0.2, 0.25) is 0 Å². The quantitative estimate of drug-likeness (QED) is 0.790. The first kappa shape index (κ1) is 14.2. The van der Waals surface area contributed by atoms with Gasteiger partial charge in [-0.3, -0.25) is 4.40 Å². The molecule has 114 valence electrons. The maximum absolute atomic E-state index is 13.3. The van der Waals surface area contributed by atoms with Gasteiger partial charge in [0.25, 0.3) is 0 Å². The Morgan fingerprint density at radius 3 is 2.64 bits per heavy atom. The van der Waals surface area contributed by atoms with Crippen molar-refractivity contribution in [2.24, 2.45) is 0 Å². The number of fused-ring (bicyclic) bond motifs is 1. The van der Waals surface area contributed by atoms with E-state index < -0.39 is 11.7 Å². The van der Waals surface area contributed by atoms with Crippen LogP contribution in [-0.2, 0) is 6.18 Å². The van der Waals surface area contributed by atoms with Crippen molar-refractivity contribution in [3.05, 3.63) is 42.1 Å². The lowest BCUT2D eigenvalue weighted by atomic mass is 10.0. The Kier molecular flexibility index (Phi) is 3.16. The van der Waals surface area contributed by atoms with Crippen molar-refractivity contribution in [1.82, 2.24) is 14.6 Å². The molecule has 0 aliphatic rings. The Labute approximate surface area is 123 Å². The summed E-state index contributed by atoms with van der Waals surface area (Å²) >= 11 is 0. The van der Waals surface area contributed by atoms with E-state index in [2.05, 4.69) is 10.2 Å². The second kappa shape index (κ2) is 4.90. The molecule has 8 heteroatoms. The molecule has 0 aliphatic heterocycles. The van der Waals surface area contributed by atoms with Crippen molar-refractivity contribution < 1.29 is 17.9 Å². The number of benzene rings is 1. The maximum Gasteiger partial charge on any atom is 0.417 e. The van der Waals surface area contributed by atoms with Gasteiger partial charge in [-0.05, 0) is 30.3 Å². The van der Waals surface area contributed by atoms with Gasteiger partial charge in [0.05, 0.1) is 18.2 Å². The lowest BCUT2D eigenvalue weighted by molar-refractivity contribution is -0.137. The van der Waals surface area contributed by atoms with Gasteiger partial charge in [0.15, 0.2) is 0 Å². The molecule has 0 saturated heterocycles. The average Bonchev–Trinajstić information content (AvgIpc) is 2.97. The van der Waals surface area contributed by atoms with Crippen molar-refractivity contribution >= 4 is 11.5 Å². The highest BCUT2D eigenvalue weighted by molar-refractivity contribution is 5.80. The number of halogens is 3. The molecular formula is C14H11F3N4O. The molecule has 2 aromatic heterocycles. The number of aromatic nitrogens is 3. The van der Waals surface area contributed by atoms with Gasteiger partial charge in [0, 0.05) is 11.8 Å². The molecule has 3 rings (SSSR count). The summed E-state index contributed by atoms with van der Waals surface area (Å²) in [7, 11) is 1.31. The smallest absolute Gasteiger partial charge is 0.417 e. The van der Waals surface area contributed by atoms with Crippen LogP contribution in [0, 0.1) is 0 Å². The molecule has 0 saturated carbocycles. The minimum Gasteiger partial charge on any atom is -0.497 e. The van der Waals surface area contributed by atoms with Crippen molar-refractivity contribution in [3.8, 4) is 17.0 Å². The second-order valence-corrected chi connectivity index (χ2v) is 4.58. The fourth-order valence-corrected chi connectivity index (χ4v) is 2.26. The third-order valence-electron chi connectivity index (χ3n) is 3.28. The summed E-state index contributed by atoms with van der Waals surface area (Å²) in [6, 6.07) is 6.99. The summed E-state index contributed by atoms with van der Waals surface area (Å²) in [4.78, 5) is 0. The highest BCUT2D eigenvalue weighted by Crippen LogP contribution is 2.39. The zero-order valence-corrected chi connectivity index (χ0v) is 11.4. The Bertz CT molecular complexity index is 842. The number of alkyl halides is 3. The molecule has 0 spiro atoms. The van der Waals surface area contributed by atoms with Gasteiger partial charge in [-0.25, -0.2) is 0 Å². The highest BCUT2D eigenvalue weighted by atomic mass is 19.4. The molecule has 0 bridgehead atoms. The molecule has 0 amide bonds. The highest BCUT2D eigenvalue weighted by Gasteiger charge is 2.35. The molecule has 5 nitrogen and oxygen atoms in total. The first-order valence-electron chi connectivity index (χ1n) is 6.26. The summed E-state index contributed by atoms with van der Waals surface area (Å²) in [5.74, 6) is 0.219. The fraction of sp³-hybridized carbons (Fsp3) is 0.143. The van der Waals surface area contributed by atoms with Crippen molar-refractivity contribution in [2.75, 3.05) is 12.8 Å². The number of hydrogen-bond donors (Lipinski definition) is 1. The van der Waals surface area contributed by atoms with Gasteiger partial charge < -0.3 is 10.5 Å². The van der Waals surface area contributed by atoms with E-state index in [9.17, 15) is 13.2 Å². The van der Waals surface area contributed by atoms with E-state index in [1.54, 1.807) is 18.3 Å². The van der Waals surface area contributed by atoms with Crippen LogP contribution in [0.4, 0.5) is 19.1 Å². The van der Waals surface area contributed by atoms with Crippen LogP contribution in [0.15, 0.2) is 36.5 Å². The van der Waals surface area contributed by atoms with E-state index in [1.807, 2.05) is 0 Å². The lowest BCUT2D eigenvalue weighted by Crippen LogP contribution is -2.10. The number of nitrogen functional groups attached to an aromatic ring is 1. The first-order valence-corrected chi connectivity index (χ1v) is 6.26. The summed E-state index contributed by atoms with van der Waals surface area (Å²) < 4.78 is 46.3. The molecule has 0 atom stereocenters. The Balaban J connectivity index is 2.31. The first-order chi connectivity index (χ1) is 10.4. The number of ether oxygens (including phenoxy) is 1. The molecule has 2 N–H and O–H groups in total. The zero-order chi connectivity index (χ0) is 15.9. The Morgan fingerprint density at radius 1 is 1.18 bits per heavy atom.